The fourth-order valence-corrected chi connectivity index (χ4v) is 2.33. The molecular weight excluding hydrogens is 275 g/mol. The molecule has 1 aliphatic rings. The Labute approximate surface area is 123 Å². The fourth-order valence-electron chi connectivity index (χ4n) is 2.33. The standard InChI is InChI=1S/C15H21FN2O3/c16-13-2-4-14(5-3-13)21-11-1-6-17-7-9-18(10-8-17)15(20)12-19/h2-5,19H,1,6-12H2. The van der Waals surface area contributed by atoms with Crippen LogP contribution in [0, 0.1) is 5.82 Å². The van der Waals surface area contributed by atoms with Crippen molar-refractivity contribution in [3.63, 3.8) is 0 Å². The normalized spacial score (nSPS) is 16.0. The smallest absolute Gasteiger partial charge is 0.248 e. The van der Waals surface area contributed by atoms with E-state index >= 15 is 0 Å². The summed E-state index contributed by atoms with van der Waals surface area (Å²) in [6, 6.07) is 6.00. The van der Waals surface area contributed by atoms with Gasteiger partial charge in [0.05, 0.1) is 6.61 Å². The second-order valence-corrected chi connectivity index (χ2v) is 5.04. The van der Waals surface area contributed by atoms with Crippen LogP contribution in [0.1, 0.15) is 6.42 Å². The number of aliphatic hydroxyl groups excluding tert-OH is 1. The number of hydrogen-bond donors (Lipinski definition) is 1. The van der Waals surface area contributed by atoms with Crippen LogP contribution >= 0.6 is 0 Å². The highest BCUT2D eigenvalue weighted by Crippen LogP contribution is 2.11. The van der Waals surface area contributed by atoms with Crippen molar-refractivity contribution >= 4 is 5.91 Å². The number of aliphatic hydroxyl groups is 1. The van der Waals surface area contributed by atoms with Gasteiger partial charge in [-0.25, -0.2) is 4.39 Å². The Hall–Kier alpha value is -1.66. The van der Waals surface area contributed by atoms with E-state index in [2.05, 4.69) is 4.90 Å². The van der Waals surface area contributed by atoms with Gasteiger partial charge in [-0.15, -0.1) is 0 Å². The van der Waals surface area contributed by atoms with Crippen molar-refractivity contribution in [3.8, 4) is 5.75 Å². The Morgan fingerprint density at radius 2 is 1.86 bits per heavy atom. The average molecular weight is 296 g/mol. The lowest BCUT2D eigenvalue weighted by Gasteiger charge is -2.34. The molecule has 1 fully saturated rings. The van der Waals surface area contributed by atoms with Gasteiger partial charge in [0, 0.05) is 32.7 Å². The molecule has 1 aromatic carbocycles. The molecule has 116 valence electrons. The lowest BCUT2D eigenvalue weighted by Crippen LogP contribution is -2.49. The Bertz CT molecular complexity index is 445. The number of hydrogen-bond acceptors (Lipinski definition) is 4. The largest absolute Gasteiger partial charge is 0.494 e. The number of benzene rings is 1. The van der Waals surface area contributed by atoms with Crippen LogP contribution in [0.25, 0.3) is 0 Å². The summed E-state index contributed by atoms with van der Waals surface area (Å²) in [6.45, 7) is 4.05. The maximum atomic E-state index is 12.7. The lowest BCUT2D eigenvalue weighted by molar-refractivity contribution is -0.135. The first-order valence-electron chi connectivity index (χ1n) is 7.18. The van der Waals surface area contributed by atoms with E-state index in [9.17, 15) is 9.18 Å². The molecule has 0 radical (unpaired) electrons. The number of amides is 1. The van der Waals surface area contributed by atoms with Gasteiger partial charge in [-0.1, -0.05) is 0 Å². The summed E-state index contributed by atoms with van der Waals surface area (Å²) >= 11 is 0. The number of halogens is 1. The van der Waals surface area contributed by atoms with Crippen molar-refractivity contribution in [2.24, 2.45) is 0 Å². The van der Waals surface area contributed by atoms with E-state index in [0.717, 1.165) is 26.1 Å². The highest BCUT2D eigenvalue weighted by atomic mass is 19.1. The Kier molecular flexibility index (Phi) is 5.95. The van der Waals surface area contributed by atoms with Crippen LogP contribution in [0.3, 0.4) is 0 Å². The molecule has 0 atom stereocenters. The minimum absolute atomic E-state index is 0.200. The zero-order chi connectivity index (χ0) is 15.1. The topological polar surface area (TPSA) is 53.0 Å². The summed E-state index contributed by atoms with van der Waals surface area (Å²) in [5.41, 5.74) is 0. The maximum Gasteiger partial charge on any atom is 0.248 e. The zero-order valence-electron chi connectivity index (χ0n) is 12.0. The van der Waals surface area contributed by atoms with Gasteiger partial charge in [-0.3, -0.25) is 9.69 Å². The monoisotopic (exact) mass is 296 g/mol. The van der Waals surface area contributed by atoms with E-state index in [4.69, 9.17) is 9.84 Å². The molecule has 5 nitrogen and oxygen atoms in total. The summed E-state index contributed by atoms with van der Waals surface area (Å²) in [5, 5.41) is 8.81. The summed E-state index contributed by atoms with van der Waals surface area (Å²) < 4.78 is 18.3. The number of carbonyl (C=O) groups is 1. The summed E-state index contributed by atoms with van der Waals surface area (Å²) in [5.74, 6) is 0.210. The third-order valence-corrected chi connectivity index (χ3v) is 3.56. The zero-order valence-corrected chi connectivity index (χ0v) is 12.0. The van der Waals surface area contributed by atoms with E-state index in [-0.39, 0.29) is 11.7 Å². The average Bonchev–Trinajstić information content (AvgIpc) is 2.53. The number of piperazine rings is 1. The van der Waals surface area contributed by atoms with Crippen molar-refractivity contribution in [1.82, 2.24) is 9.80 Å². The first-order chi connectivity index (χ1) is 10.2. The van der Waals surface area contributed by atoms with E-state index in [1.54, 1.807) is 17.0 Å². The first kappa shape index (κ1) is 15.7. The SMILES string of the molecule is O=C(CO)N1CCN(CCCOc2ccc(F)cc2)CC1. The predicted octanol–water partition coefficient (Wildman–Crippen LogP) is 0.731. The molecule has 0 bridgehead atoms. The van der Waals surface area contributed by atoms with Gasteiger partial charge in [-0.05, 0) is 30.7 Å². The van der Waals surface area contributed by atoms with Crippen molar-refractivity contribution in [1.29, 1.82) is 0 Å². The molecule has 1 amide bonds. The van der Waals surface area contributed by atoms with Gasteiger partial charge in [0.25, 0.3) is 0 Å². The fraction of sp³-hybridized carbons (Fsp3) is 0.533. The number of nitrogens with zero attached hydrogens (tertiary/aromatic N) is 2. The number of ether oxygens (including phenoxy) is 1. The van der Waals surface area contributed by atoms with Crippen molar-refractivity contribution in [2.45, 2.75) is 6.42 Å². The van der Waals surface area contributed by atoms with Gasteiger partial charge in [-0.2, -0.15) is 0 Å². The molecule has 21 heavy (non-hydrogen) atoms. The molecule has 0 spiro atoms. The molecule has 1 aromatic rings. The Morgan fingerprint density at radius 1 is 1.19 bits per heavy atom. The molecule has 1 saturated heterocycles. The Morgan fingerprint density at radius 3 is 2.48 bits per heavy atom. The van der Waals surface area contributed by atoms with Crippen LogP contribution in [0.15, 0.2) is 24.3 Å². The molecule has 0 aromatic heterocycles. The number of carbonyl (C=O) groups excluding carboxylic acids is 1. The van der Waals surface area contributed by atoms with Crippen molar-refractivity contribution in [3.05, 3.63) is 30.1 Å². The van der Waals surface area contributed by atoms with Gasteiger partial charge < -0.3 is 14.7 Å². The van der Waals surface area contributed by atoms with Crippen LogP contribution in [0.4, 0.5) is 4.39 Å². The van der Waals surface area contributed by atoms with E-state index < -0.39 is 6.61 Å². The van der Waals surface area contributed by atoms with Gasteiger partial charge in [0.15, 0.2) is 0 Å². The van der Waals surface area contributed by atoms with Crippen molar-refractivity contribution < 1.29 is 19.0 Å². The molecule has 0 aliphatic carbocycles. The summed E-state index contributed by atoms with van der Waals surface area (Å²) in [7, 11) is 0. The summed E-state index contributed by atoms with van der Waals surface area (Å²) in [6.07, 6.45) is 0.880. The van der Waals surface area contributed by atoms with Crippen LogP contribution in [0.5, 0.6) is 5.75 Å². The van der Waals surface area contributed by atoms with Gasteiger partial charge >= 0.3 is 0 Å². The van der Waals surface area contributed by atoms with Crippen LogP contribution < -0.4 is 4.74 Å². The Balaban J connectivity index is 1.60. The molecule has 1 heterocycles. The third-order valence-electron chi connectivity index (χ3n) is 3.56. The minimum atomic E-state index is -0.411. The minimum Gasteiger partial charge on any atom is -0.494 e. The maximum absolute atomic E-state index is 12.7. The van der Waals surface area contributed by atoms with Crippen LogP contribution in [-0.2, 0) is 4.79 Å². The third kappa shape index (κ3) is 4.99. The van der Waals surface area contributed by atoms with E-state index in [1.807, 2.05) is 0 Å². The molecule has 0 unspecified atom stereocenters. The van der Waals surface area contributed by atoms with Gasteiger partial charge in [0.1, 0.15) is 18.2 Å². The highest BCUT2D eigenvalue weighted by Gasteiger charge is 2.19. The van der Waals surface area contributed by atoms with Crippen molar-refractivity contribution in [2.75, 3.05) is 45.9 Å². The van der Waals surface area contributed by atoms with E-state index in [1.165, 1.54) is 12.1 Å². The van der Waals surface area contributed by atoms with Crippen LogP contribution in [0.2, 0.25) is 0 Å². The molecule has 2 rings (SSSR count). The second-order valence-electron chi connectivity index (χ2n) is 5.04. The first-order valence-corrected chi connectivity index (χ1v) is 7.18. The quantitative estimate of drug-likeness (QED) is 0.786. The van der Waals surface area contributed by atoms with Crippen LogP contribution in [-0.4, -0.2) is 66.8 Å². The van der Waals surface area contributed by atoms with Gasteiger partial charge in [0.2, 0.25) is 5.91 Å². The second kappa shape index (κ2) is 7.95. The molecular formula is C15H21FN2O3. The predicted molar refractivity (Wildman–Crippen MR) is 76.6 cm³/mol. The van der Waals surface area contributed by atoms with E-state index in [0.29, 0.717) is 25.4 Å². The summed E-state index contributed by atoms with van der Waals surface area (Å²) in [4.78, 5) is 15.3. The molecule has 6 heteroatoms. The molecule has 1 N–H and O–H groups in total. The number of rotatable bonds is 6. The highest BCUT2D eigenvalue weighted by molar-refractivity contribution is 5.77. The molecule has 0 saturated carbocycles. The molecule has 1 aliphatic heterocycles. The lowest BCUT2D eigenvalue weighted by atomic mass is 10.3.